The van der Waals surface area contributed by atoms with Crippen molar-refractivity contribution in [1.29, 1.82) is 0 Å². The molecule has 0 radical (unpaired) electrons. The van der Waals surface area contributed by atoms with Gasteiger partial charge in [-0.15, -0.1) is 3.89 Å². The lowest BCUT2D eigenvalue weighted by atomic mass is 13.9. The zero-order valence-electron chi connectivity index (χ0n) is 3.30. The third kappa shape index (κ3) is 5.92. The zero-order chi connectivity index (χ0) is 6.78. The monoisotopic (exact) mass is 165 g/mol. The Morgan fingerprint density at radius 2 is 1.88 bits per heavy atom. The van der Waals surface area contributed by atoms with Gasteiger partial charge in [0.15, 0.2) is 0 Å². The maximum atomic E-state index is 11.1. The van der Waals surface area contributed by atoms with Crippen LogP contribution in [0, 0.1) is 0 Å². The molecule has 0 rings (SSSR count). The molecule has 0 aliphatic carbocycles. The van der Waals surface area contributed by atoms with Gasteiger partial charge in [0.1, 0.15) is 0 Å². The van der Waals surface area contributed by atoms with Crippen LogP contribution in [0.15, 0.2) is 0 Å². The fourth-order valence-corrected chi connectivity index (χ4v) is 0.704. The number of halogens is 2. The van der Waals surface area contributed by atoms with E-state index in [1.165, 1.54) is 0 Å². The molecule has 0 fully saturated rings. The Balaban J connectivity index is 3.95. The molecule has 0 aliphatic rings. The Morgan fingerprint density at radius 3 is 1.88 bits per heavy atom. The first kappa shape index (κ1) is 7.92. The van der Waals surface area contributed by atoms with Crippen LogP contribution in [0.4, 0.5) is 7.77 Å². The molecule has 50 valence electrons. The SMILES string of the molecule is O=S(F)NS(=O)(=O)F. The smallest absolute Gasteiger partial charge is 0.206 e. The van der Waals surface area contributed by atoms with E-state index in [2.05, 4.69) is 0 Å². The molecule has 0 amide bonds. The van der Waals surface area contributed by atoms with Gasteiger partial charge < -0.3 is 0 Å². The van der Waals surface area contributed by atoms with Crippen molar-refractivity contribution < 1.29 is 20.4 Å². The molecule has 0 aromatic carbocycles. The molecule has 0 aliphatic heterocycles. The van der Waals surface area contributed by atoms with Gasteiger partial charge in [-0.1, -0.05) is 8.01 Å². The van der Waals surface area contributed by atoms with E-state index in [1.807, 2.05) is 0 Å². The van der Waals surface area contributed by atoms with E-state index in [4.69, 9.17) is 0 Å². The van der Waals surface area contributed by atoms with Crippen LogP contribution >= 0.6 is 0 Å². The Bertz CT molecular complexity index is 181. The Morgan fingerprint density at radius 1 is 1.50 bits per heavy atom. The average molecular weight is 165 g/mol. The van der Waals surface area contributed by atoms with Crippen LogP contribution in [0.2, 0.25) is 0 Å². The summed E-state index contributed by atoms with van der Waals surface area (Å²) in [5, 5.41) is 0. The summed E-state index contributed by atoms with van der Waals surface area (Å²) in [5.74, 6) is 0. The van der Waals surface area contributed by atoms with E-state index >= 15 is 0 Å². The van der Waals surface area contributed by atoms with Gasteiger partial charge in [0, 0.05) is 0 Å². The summed E-state index contributed by atoms with van der Waals surface area (Å²) >= 11 is -3.35. The maximum absolute atomic E-state index is 11.1. The second-order valence-electron chi connectivity index (χ2n) is 0.745. The van der Waals surface area contributed by atoms with Gasteiger partial charge in [-0.25, -0.2) is 4.21 Å². The molecule has 0 aromatic heterocycles. The van der Waals surface area contributed by atoms with Crippen molar-refractivity contribution in [1.82, 2.24) is 4.13 Å². The van der Waals surface area contributed by atoms with Crippen LogP contribution in [0.3, 0.4) is 0 Å². The third-order valence-electron chi connectivity index (χ3n) is 0.165. The summed E-state index contributed by atoms with van der Waals surface area (Å²) in [5.41, 5.74) is 0. The van der Waals surface area contributed by atoms with E-state index in [0.29, 0.717) is 4.13 Å². The number of hydrogen-bond acceptors (Lipinski definition) is 3. The van der Waals surface area contributed by atoms with E-state index in [-0.39, 0.29) is 0 Å². The Hall–Kier alpha value is -0.0800. The maximum Gasteiger partial charge on any atom is 0.385 e. The highest BCUT2D eigenvalue weighted by molar-refractivity contribution is 7.97. The molecule has 0 aromatic rings. The van der Waals surface area contributed by atoms with Crippen molar-refractivity contribution in [3.63, 3.8) is 0 Å². The van der Waals surface area contributed by atoms with Gasteiger partial charge in [0.05, 0.1) is 0 Å². The summed E-state index contributed by atoms with van der Waals surface area (Å²) in [6.07, 6.45) is 0. The highest BCUT2D eigenvalue weighted by atomic mass is 32.3. The number of rotatable bonds is 2. The summed E-state index contributed by atoms with van der Waals surface area (Å²) in [6.45, 7) is 0. The molecule has 0 saturated heterocycles. The van der Waals surface area contributed by atoms with Crippen molar-refractivity contribution >= 4 is 21.8 Å². The molecule has 1 N–H and O–H groups in total. The zero-order valence-corrected chi connectivity index (χ0v) is 4.93. The van der Waals surface area contributed by atoms with Gasteiger partial charge in [-0.2, -0.15) is 8.42 Å². The minimum absolute atomic E-state index is 0.493. The van der Waals surface area contributed by atoms with Crippen LogP contribution in [0.5, 0.6) is 0 Å². The summed E-state index contributed by atoms with van der Waals surface area (Å²) in [4.78, 5) is 0. The Kier molecular flexibility index (Phi) is 2.44. The molecule has 0 saturated carbocycles. The molecule has 0 heterocycles. The molecular formula is HF2NO3S2. The second kappa shape index (κ2) is 2.46. The molecule has 4 nitrogen and oxygen atoms in total. The topological polar surface area (TPSA) is 63.2 Å². The van der Waals surface area contributed by atoms with E-state index in [9.17, 15) is 20.4 Å². The summed E-state index contributed by atoms with van der Waals surface area (Å²) in [6, 6.07) is 0. The van der Waals surface area contributed by atoms with Gasteiger partial charge in [-0.05, 0) is 0 Å². The fourth-order valence-electron chi connectivity index (χ4n) is 0.0783. The van der Waals surface area contributed by atoms with Crippen molar-refractivity contribution in [3.05, 3.63) is 0 Å². The minimum atomic E-state index is -5.15. The van der Waals surface area contributed by atoms with Gasteiger partial charge in [0.25, 0.3) is 11.4 Å². The second-order valence-corrected chi connectivity index (χ2v) is 2.73. The lowest BCUT2D eigenvalue weighted by Gasteiger charge is -1.84. The molecule has 1 unspecified atom stereocenters. The normalized spacial score (nSPS) is 15.8. The highest BCUT2D eigenvalue weighted by Crippen LogP contribution is 1.85. The van der Waals surface area contributed by atoms with Crippen molar-refractivity contribution in [2.45, 2.75) is 0 Å². The summed E-state index contributed by atoms with van der Waals surface area (Å²) < 4.78 is 50.1. The molecule has 0 spiro atoms. The molecule has 8 heavy (non-hydrogen) atoms. The van der Waals surface area contributed by atoms with Crippen LogP contribution in [0.25, 0.3) is 0 Å². The minimum Gasteiger partial charge on any atom is -0.206 e. The lowest BCUT2D eigenvalue weighted by molar-refractivity contribution is 0.546. The summed E-state index contributed by atoms with van der Waals surface area (Å²) in [7, 11) is -5.15. The molecular weight excluding hydrogens is 164 g/mol. The fraction of sp³-hybridized carbons (Fsp3) is 0. The van der Waals surface area contributed by atoms with Crippen LogP contribution in [-0.4, -0.2) is 12.6 Å². The van der Waals surface area contributed by atoms with Crippen LogP contribution < -0.4 is 4.13 Å². The average Bonchev–Trinajstić information content (AvgIpc) is 1.21. The van der Waals surface area contributed by atoms with Crippen molar-refractivity contribution in [2.24, 2.45) is 0 Å². The lowest BCUT2D eigenvalue weighted by Crippen LogP contribution is -2.17. The third-order valence-corrected chi connectivity index (χ3v) is 1.49. The van der Waals surface area contributed by atoms with Crippen molar-refractivity contribution in [2.75, 3.05) is 0 Å². The Labute approximate surface area is 47.1 Å². The molecule has 0 bridgehead atoms. The predicted molar refractivity (Wildman–Crippen MR) is 22.4 cm³/mol. The largest absolute Gasteiger partial charge is 0.385 e. The van der Waals surface area contributed by atoms with Crippen LogP contribution in [-0.2, 0) is 21.8 Å². The quantitative estimate of drug-likeness (QED) is 0.552. The first-order chi connectivity index (χ1) is 3.42. The van der Waals surface area contributed by atoms with Gasteiger partial charge in [-0.3, -0.25) is 0 Å². The van der Waals surface area contributed by atoms with E-state index in [1.54, 1.807) is 0 Å². The van der Waals surface area contributed by atoms with Gasteiger partial charge in [0.2, 0.25) is 0 Å². The number of hydrogen-bond donors (Lipinski definition) is 1. The standard InChI is InChI=1S/F2HNO3S2/c1-7(4)3-8(2,5)6/h3H. The van der Waals surface area contributed by atoms with Crippen LogP contribution in [0.1, 0.15) is 0 Å². The number of nitrogens with one attached hydrogen (secondary N) is 1. The van der Waals surface area contributed by atoms with E-state index < -0.39 is 21.8 Å². The first-order valence-corrected chi connectivity index (χ1v) is 3.65. The van der Waals surface area contributed by atoms with Crippen molar-refractivity contribution in [3.8, 4) is 0 Å². The molecule has 1 atom stereocenters. The van der Waals surface area contributed by atoms with Gasteiger partial charge >= 0.3 is 10.4 Å². The highest BCUT2D eigenvalue weighted by Gasteiger charge is 2.08. The first-order valence-electron chi connectivity index (χ1n) is 1.22. The molecule has 8 heteroatoms. The van der Waals surface area contributed by atoms with E-state index in [0.717, 1.165) is 0 Å². The predicted octanol–water partition coefficient (Wildman–Crippen LogP) is -0.661.